The normalized spacial score (nSPS) is 12.4. The molecule has 2 N–H and O–H groups in total. The molecular formula is C15H24BrNO2. The van der Waals surface area contributed by atoms with Crippen molar-refractivity contribution in [1.82, 2.24) is 0 Å². The fourth-order valence-electron chi connectivity index (χ4n) is 1.69. The molecule has 0 radical (unpaired) electrons. The summed E-state index contributed by atoms with van der Waals surface area (Å²) >= 11 is 3.55. The van der Waals surface area contributed by atoms with Gasteiger partial charge in [-0.25, -0.2) is 0 Å². The quantitative estimate of drug-likeness (QED) is 0.705. The summed E-state index contributed by atoms with van der Waals surface area (Å²) in [5.41, 5.74) is 7.19. The Labute approximate surface area is 124 Å². The van der Waals surface area contributed by atoms with Gasteiger partial charge in [-0.05, 0) is 43.0 Å². The van der Waals surface area contributed by atoms with Crippen LogP contribution in [0.1, 0.15) is 32.3 Å². The second-order valence-electron chi connectivity index (χ2n) is 4.59. The van der Waals surface area contributed by atoms with E-state index in [4.69, 9.17) is 15.2 Å². The van der Waals surface area contributed by atoms with Gasteiger partial charge in [0.1, 0.15) is 12.4 Å². The maximum atomic E-state index is 6.00. The minimum atomic E-state index is 0.194. The molecule has 0 heterocycles. The molecule has 1 aromatic carbocycles. The molecule has 0 aliphatic rings. The second kappa shape index (κ2) is 9.34. The summed E-state index contributed by atoms with van der Waals surface area (Å²) in [5, 5.41) is 0. The molecule has 0 bridgehead atoms. The second-order valence-corrected chi connectivity index (χ2v) is 5.44. The summed E-state index contributed by atoms with van der Waals surface area (Å²) in [7, 11) is 0. The summed E-state index contributed by atoms with van der Waals surface area (Å²) in [6.45, 7) is 6.21. The third-order valence-corrected chi connectivity index (χ3v) is 3.64. The summed E-state index contributed by atoms with van der Waals surface area (Å²) < 4.78 is 12.2. The van der Waals surface area contributed by atoms with Crippen LogP contribution in [0, 0.1) is 0 Å². The van der Waals surface area contributed by atoms with Gasteiger partial charge in [0.2, 0.25) is 0 Å². The van der Waals surface area contributed by atoms with E-state index < -0.39 is 0 Å². The third kappa shape index (κ3) is 6.41. The predicted octanol–water partition coefficient (Wildman–Crippen LogP) is 3.53. The summed E-state index contributed by atoms with van der Waals surface area (Å²) in [6, 6.07) is 6.23. The van der Waals surface area contributed by atoms with Crippen molar-refractivity contribution in [1.29, 1.82) is 0 Å². The van der Waals surface area contributed by atoms with Gasteiger partial charge in [0.25, 0.3) is 0 Å². The molecule has 1 unspecified atom stereocenters. The topological polar surface area (TPSA) is 44.5 Å². The Morgan fingerprint density at radius 3 is 2.68 bits per heavy atom. The number of benzene rings is 1. The molecule has 0 aromatic heterocycles. The van der Waals surface area contributed by atoms with E-state index in [1.165, 1.54) is 5.56 Å². The smallest absolute Gasteiger partial charge is 0.119 e. The molecule has 108 valence electrons. The average molecular weight is 330 g/mol. The monoisotopic (exact) mass is 329 g/mol. The Kier molecular flexibility index (Phi) is 8.10. The fourth-order valence-corrected chi connectivity index (χ4v) is 2.10. The van der Waals surface area contributed by atoms with Crippen molar-refractivity contribution < 1.29 is 9.47 Å². The van der Waals surface area contributed by atoms with Crippen LogP contribution in [0.3, 0.4) is 0 Å². The molecule has 0 spiro atoms. The number of ether oxygens (including phenoxy) is 2. The Bertz CT molecular complexity index is 371. The number of nitrogens with two attached hydrogens (primary N) is 1. The molecule has 19 heavy (non-hydrogen) atoms. The van der Waals surface area contributed by atoms with Gasteiger partial charge in [0, 0.05) is 17.1 Å². The first-order valence-electron chi connectivity index (χ1n) is 6.91. The maximum absolute atomic E-state index is 6.00. The van der Waals surface area contributed by atoms with Crippen molar-refractivity contribution in [2.75, 3.05) is 19.8 Å². The van der Waals surface area contributed by atoms with Crippen LogP contribution in [0.2, 0.25) is 0 Å². The van der Waals surface area contributed by atoms with Gasteiger partial charge in [-0.3, -0.25) is 0 Å². The van der Waals surface area contributed by atoms with E-state index in [2.05, 4.69) is 35.8 Å². The van der Waals surface area contributed by atoms with Crippen LogP contribution in [0.25, 0.3) is 0 Å². The molecule has 1 atom stereocenters. The zero-order valence-electron chi connectivity index (χ0n) is 11.8. The highest BCUT2D eigenvalue weighted by atomic mass is 79.9. The van der Waals surface area contributed by atoms with Crippen LogP contribution in [-0.4, -0.2) is 25.9 Å². The lowest BCUT2D eigenvalue weighted by molar-refractivity contribution is 0.101. The van der Waals surface area contributed by atoms with Gasteiger partial charge in [-0.15, -0.1) is 0 Å². The summed E-state index contributed by atoms with van der Waals surface area (Å²) in [4.78, 5) is 0. The van der Waals surface area contributed by atoms with Crippen LogP contribution < -0.4 is 10.5 Å². The van der Waals surface area contributed by atoms with E-state index in [0.29, 0.717) is 13.2 Å². The van der Waals surface area contributed by atoms with Crippen molar-refractivity contribution in [3.63, 3.8) is 0 Å². The van der Waals surface area contributed by atoms with Gasteiger partial charge < -0.3 is 15.2 Å². The Hall–Kier alpha value is -0.580. The van der Waals surface area contributed by atoms with E-state index in [1.807, 2.05) is 12.1 Å². The Morgan fingerprint density at radius 2 is 2.00 bits per heavy atom. The zero-order chi connectivity index (χ0) is 14.1. The van der Waals surface area contributed by atoms with E-state index >= 15 is 0 Å². The fraction of sp³-hybridized carbons (Fsp3) is 0.600. The van der Waals surface area contributed by atoms with Crippen LogP contribution in [-0.2, 0) is 11.2 Å². The van der Waals surface area contributed by atoms with E-state index in [-0.39, 0.29) is 6.04 Å². The average Bonchev–Trinajstić information content (AvgIpc) is 2.41. The highest BCUT2D eigenvalue weighted by Gasteiger charge is 2.07. The van der Waals surface area contributed by atoms with E-state index in [1.54, 1.807) is 0 Å². The molecule has 0 aliphatic heterocycles. The Morgan fingerprint density at radius 1 is 1.21 bits per heavy atom. The minimum Gasteiger partial charge on any atom is -0.491 e. The molecule has 3 nitrogen and oxygen atoms in total. The van der Waals surface area contributed by atoms with Crippen molar-refractivity contribution in [2.45, 2.75) is 39.2 Å². The number of hydrogen-bond donors (Lipinski definition) is 1. The molecule has 1 rings (SSSR count). The van der Waals surface area contributed by atoms with Gasteiger partial charge in [-0.2, -0.15) is 0 Å². The summed E-state index contributed by atoms with van der Waals surface area (Å²) in [5.74, 6) is 0.876. The SMILES string of the molecule is CCCOCCOc1ccc(Br)c(CC(N)CC)c1. The predicted molar refractivity (Wildman–Crippen MR) is 82.7 cm³/mol. The Balaban J connectivity index is 2.48. The van der Waals surface area contributed by atoms with Gasteiger partial charge in [-0.1, -0.05) is 29.8 Å². The highest BCUT2D eigenvalue weighted by molar-refractivity contribution is 9.10. The molecule has 0 amide bonds. The first-order valence-corrected chi connectivity index (χ1v) is 7.71. The lowest BCUT2D eigenvalue weighted by Gasteiger charge is -2.13. The molecule has 0 fully saturated rings. The molecule has 0 saturated carbocycles. The van der Waals surface area contributed by atoms with Crippen LogP contribution in [0.15, 0.2) is 22.7 Å². The highest BCUT2D eigenvalue weighted by Crippen LogP contribution is 2.24. The number of hydrogen-bond acceptors (Lipinski definition) is 3. The summed E-state index contributed by atoms with van der Waals surface area (Å²) in [6.07, 6.45) is 2.88. The molecule has 0 saturated heterocycles. The van der Waals surface area contributed by atoms with Crippen molar-refractivity contribution >= 4 is 15.9 Å². The zero-order valence-corrected chi connectivity index (χ0v) is 13.4. The minimum absolute atomic E-state index is 0.194. The first-order chi connectivity index (χ1) is 9.17. The number of rotatable bonds is 9. The lowest BCUT2D eigenvalue weighted by atomic mass is 10.0. The van der Waals surface area contributed by atoms with E-state index in [0.717, 1.165) is 36.1 Å². The molecular weight excluding hydrogens is 306 g/mol. The van der Waals surface area contributed by atoms with Gasteiger partial charge in [0.15, 0.2) is 0 Å². The maximum Gasteiger partial charge on any atom is 0.119 e. The molecule has 1 aromatic rings. The van der Waals surface area contributed by atoms with E-state index in [9.17, 15) is 0 Å². The standard InChI is InChI=1S/C15H24BrNO2/c1-3-7-18-8-9-19-14-5-6-15(16)12(11-14)10-13(17)4-2/h5-6,11,13H,3-4,7-10,17H2,1-2H3. The van der Waals surface area contributed by atoms with Crippen molar-refractivity contribution in [3.05, 3.63) is 28.2 Å². The molecule has 4 heteroatoms. The first kappa shape index (κ1) is 16.5. The van der Waals surface area contributed by atoms with Crippen LogP contribution in [0.5, 0.6) is 5.75 Å². The van der Waals surface area contributed by atoms with Crippen molar-refractivity contribution in [3.8, 4) is 5.75 Å². The molecule has 0 aliphatic carbocycles. The number of halogens is 1. The van der Waals surface area contributed by atoms with Gasteiger partial charge >= 0.3 is 0 Å². The van der Waals surface area contributed by atoms with Gasteiger partial charge in [0.05, 0.1) is 6.61 Å². The van der Waals surface area contributed by atoms with Crippen LogP contribution in [0.4, 0.5) is 0 Å². The largest absolute Gasteiger partial charge is 0.491 e. The lowest BCUT2D eigenvalue weighted by Crippen LogP contribution is -2.21. The van der Waals surface area contributed by atoms with Crippen LogP contribution >= 0.6 is 15.9 Å². The third-order valence-electron chi connectivity index (χ3n) is 2.87. The van der Waals surface area contributed by atoms with Crippen molar-refractivity contribution in [2.24, 2.45) is 5.73 Å².